The number of aromatic hydroxyl groups is 1. The summed E-state index contributed by atoms with van der Waals surface area (Å²) in [4.78, 5) is 63.5. The van der Waals surface area contributed by atoms with Crippen LogP contribution >= 0.6 is 0 Å². The highest BCUT2D eigenvalue weighted by atomic mass is 16.6. The molecule has 1 aromatic rings. The average molecular weight is 495 g/mol. The zero-order valence-electron chi connectivity index (χ0n) is 20.6. The van der Waals surface area contributed by atoms with E-state index in [9.17, 15) is 29.1 Å². The number of carbonyl (C=O) groups excluding carboxylic acids is 5. The van der Waals surface area contributed by atoms with E-state index < -0.39 is 60.4 Å². The van der Waals surface area contributed by atoms with Crippen LogP contribution in [-0.4, -0.2) is 71.6 Å². The molecule has 0 aliphatic rings. The third kappa shape index (κ3) is 9.90. The van der Waals surface area contributed by atoms with Crippen molar-refractivity contribution >= 4 is 29.8 Å². The summed E-state index contributed by atoms with van der Waals surface area (Å²) < 4.78 is 9.73. The van der Waals surface area contributed by atoms with Crippen LogP contribution in [0.15, 0.2) is 24.3 Å². The second-order valence-electron chi connectivity index (χ2n) is 8.69. The smallest absolute Gasteiger partial charge is 0.408 e. The highest BCUT2D eigenvalue weighted by Gasteiger charge is 2.36. The first kappa shape index (κ1) is 29.2. The van der Waals surface area contributed by atoms with E-state index in [1.54, 1.807) is 27.7 Å². The lowest BCUT2D eigenvalue weighted by atomic mass is 10.0. The number of nitrogens with one attached hydrogen (secondary N) is 2. The topological polar surface area (TPSA) is 177 Å². The molecular formula is C23H34N4O8. The Bertz CT molecular complexity index is 911. The molecular weight excluding hydrogens is 460 g/mol. The maximum absolute atomic E-state index is 13.6. The van der Waals surface area contributed by atoms with Gasteiger partial charge in [0, 0.05) is 6.54 Å². The van der Waals surface area contributed by atoms with Crippen molar-refractivity contribution in [3.63, 3.8) is 0 Å². The van der Waals surface area contributed by atoms with E-state index in [4.69, 9.17) is 10.5 Å². The van der Waals surface area contributed by atoms with Crippen LogP contribution in [0.5, 0.6) is 5.75 Å². The zero-order chi connectivity index (χ0) is 26.8. The van der Waals surface area contributed by atoms with Crippen molar-refractivity contribution in [3.8, 4) is 5.75 Å². The van der Waals surface area contributed by atoms with Gasteiger partial charge < -0.3 is 35.8 Å². The molecule has 0 aromatic heterocycles. The van der Waals surface area contributed by atoms with Gasteiger partial charge in [-0.05, 0) is 44.9 Å². The summed E-state index contributed by atoms with van der Waals surface area (Å²) in [5.41, 5.74) is 4.76. The Hall–Kier alpha value is -3.83. The number of nitrogens with zero attached hydrogens (tertiary/aromatic N) is 1. The summed E-state index contributed by atoms with van der Waals surface area (Å²) in [7, 11) is 1.16. The molecule has 0 bridgehead atoms. The number of alkyl carbamates (subject to hydrolysis) is 1. The third-order valence-electron chi connectivity index (χ3n) is 4.55. The molecule has 4 amide bonds. The van der Waals surface area contributed by atoms with Crippen molar-refractivity contribution in [1.82, 2.24) is 15.5 Å². The number of benzene rings is 1. The van der Waals surface area contributed by atoms with Gasteiger partial charge in [0.05, 0.1) is 13.5 Å². The van der Waals surface area contributed by atoms with Crippen molar-refractivity contribution in [1.29, 1.82) is 0 Å². The van der Waals surface area contributed by atoms with Crippen LogP contribution in [0.4, 0.5) is 4.79 Å². The Balaban J connectivity index is 3.40. The first-order valence-electron chi connectivity index (χ1n) is 11.0. The number of phenolic OH excluding ortho intramolecular Hbond substituents is 1. The summed E-state index contributed by atoms with van der Waals surface area (Å²) in [5, 5.41) is 14.4. The summed E-state index contributed by atoms with van der Waals surface area (Å²) in [6.45, 7) is 6.28. The van der Waals surface area contributed by atoms with Gasteiger partial charge in [0.1, 0.15) is 30.0 Å². The molecule has 1 aromatic carbocycles. The lowest BCUT2D eigenvalue weighted by Crippen LogP contribution is -2.54. The van der Waals surface area contributed by atoms with E-state index >= 15 is 0 Å². The minimum Gasteiger partial charge on any atom is -0.508 e. The molecule has 0 heterocycles. The quantitative estimate of drug-likeness (QED) is 0.325. The number of ether oxygens (including phenoxy) is 2. The SMILES string of the molecule is CCCN(C(=O)C(CC(N)=O)NC(=O)OC(C)(C)C)C(C(=O)NCC(=O)OC)c1ccc(O)cc1. The third-order valence-corrected chi connectivity index (χ3v) is 4.55. The van der Waals surface area contributed by atoms with Crippen LogP contribution < -0.4 is 16.4 Å². The molecule has 0 spiro atoms. The van der Waals surface area contributed by atoms with E-state index in [-0.39, 0.29) is 12.3 Å². The van der Waals surface area contributed by atoms with Gasteiger partial charge in [0.25, 0.3) is 0 Å². The van der Waals surface area contributed by atoms with Gasteiger partial charge in [0.2, 0.25) is 17.7 Å². The van der Waals surface area contributed by atoms with E-state index in [2.05, 4.69) is 15.4 Å². The predicted molar refractivity (Wildman–Crippen MR) is 125 cm³/mol. The van der Waals surface area contributed by atoms with Gasteiger partial charge in [-0.15, -0.1) is 0 Å². The predicted octanol–water partition coefficient (Wildman–Crippen LogP) is 0.730. The Morgan fingerprint density at radius 2 is 1.71 bits per heavy atom. The van der Waals surface area contributed by atoms with Crippen molar-refractivity contribution in [2.24, 2.45) is 5.73 Å². The number of amides is 4. The number of primary amides is 1. The van der Waals surface area contributed by atoms with Crippen LogP contribution in [0.3, 0.4) is 0 Å². The molecule has 2 atom stereocenters. The number of methoxy groups -OCH3 is 1. The molecule has 5 N–H and O–H groups in total. The van der Waals surface area contributed by atoms with Crippen molar-refractivity contribution in [3.05, 3.63) is 29.8 Å². The lowest BCUT2D eigenvalue weighted by molar-refractivity contribution is -0.145. The summed E-state index contributed by atoms with van der Waals surface area (Å²) in [6.07, 6.45) is -1.06. The van der Waals surface area contributed by atoms with Gasteiger partial charge in [-0.1, -0.05) is 19.1 Å². The number of hydrogen-bond donors (Lipinski definition) is 4. The second kappa shape index (κ2) is 13.2. The summed E-state index contributed by atoms with van der Waals surface area (Å²) in [6, 6.07) is 2.88. The number of phenols is 1. The van der Waals surface area contributed by atoms with Gasteiger partial charge in [-0.25, -0.2) is 4.79 Å². The fourth-order valence-electron chi connectivity index (χ4n) is 3.12. The zero-order valence-corrected chi connectivity index (χ0v) is 20.6. The number of hydrogen-bond acceptors (Lipinski definition) is 8. The standard InChI is InChI=1S/C23H34N4O8/c1-6-11-27(21(32)16(12-17(24)29)26-22(33)35-23(2,3)4)19(14-7-9-15(28)10-8-14)20(31)25-13-18(30)34-5/h7-10,16,19,28H,6,11-13H2,1-5H3,(H2,24,29)(H,25,31)(H,26,33). The number of carbonyl (C=O) groups is 5. The molecule has 12 nitrogen and oxygen atoms in total. The van der Waals surface area contributed by atoms with Crippen molar-refractivity contribution in [2.75, 3.05) is 20.2 Å². The number of rotatable bonds is 11. The van der Waals surface area contributed by atoms with Crippen molar-refractivity contribution in [2.45, 2.75) is 58.2 Å². The average Bonchev–Trinajstić information content (AvgIpc) is 2.75. The van der Waals surface area contributed by atoms with Crippen molar-refractivity contribution < 1.29 is 38.6 Å². The first-order chi connectivity index (χ1) is 16.3. The van der Waals surface area contributed by atoms with Gasteiger partial charge in [-0.2, -0.15) is 0 Å². The molecule has 0 saturated heterocycles. The first-order valence-corrected chi connectivity index (χ1v) is 11.0. The van der Waals surface area contributed by atoms with Gasteiger partial charge in [-0.3, -0.25) is 19.2 Å². The molecule has 12 heteroatoms. The van der Waals surface area contributed by atoms with Crippen LogP contribution in [0.1, 0.15) is 52.1 Å². The minimum absolute atomic E-state index is 0.0568. The van der Waals surface area contributed by atoms with Gasteiger partial charge >= 0.3 is 12.1 Å². The number of nitrogens with two attached hydrogens (primary N) is 1. The highest BCUT2D eigenvalue weighted by Crippen LogP contribution is 2.25. The monoisotopic (exact) mass is 494 g/mol. The Morgan fingerprint density at radius 3 is 2.20 bits per heavy atom. The molecule has 0 saturated carbocycles. The van der Waals surface area contributed by atoms with Crippen LogP contribution in [0.25, 0.3) is 0 Å². The fraction of sp³-hybridized carbons (Fsp3) is 0.522. The maximum atomic E-state index is 13.6. The lowest BCUT2D eigenvalue weighted by Gasteiger charge is -2.34. The fourth-order valence-corrected chi connectivity index (χ4v) is 3.12. The highest BCUT2D eigenvalue weighted by molar-refractivity contribution is 5.95. The van der Waals surface area contributed by atoms with E-state index in [0.717, 1.165) is 7.11 Å². The Morgan fingerprint density at radius 1 is 1.11 bits per heavy atom. The molecule has 0 radical (unpaired) electrons. The largest absolute Gasteiger partial charge is 0.508 e. The Labute approximate surface area is 204 Å². The molecule has 2 unspecified atom stereocenters. The van der Waals surface area contributed by atoms with Gasteiger partial charge in [0.15, 0.2) is 0 Å². The molecule has 0 fully saturated rings. The molecule has 194 valence electrons. The Kier molecular flexibility index (Phi) is 11.0. The van der Waals surface area contributed by atoms with E-state index in [0.29, 0.717) is 12.0 Å². The maximum Gasteiger partial charge on any atom is 0.408 e. The minimum atomic E-state index is -1.41. The molecule has 35 heavy (non-hydrogen) atoms. The summed E-state index contributed by atoms with van der Waals surface area (Å²) in [5.74, 6) is -3.09. The summed E-state index contributed by atoms with van der Waals surface area (Å²) >= 11 is 0. The number of esters is 1. The van der Waals surface area contributed by atoms with E-state index in [1.165, 1.54) is 29.2 Å². The molecule has 0 aliphatic carbocycles. The second-order valence-corrected chi connectivity index (χ2v) is 8.69. The van der Waals surface area contributed by atoms with E-state index in [1.807, 2.05) is 0 Å². The normalized spacial score (nSPS) is 12.6. The molecule has 0 aliphatic heterocycles. The van der Waals surface area contributed by atoms with Crippen LogP contribution in [0, 0.1) is 0 Å². The molecule has 1 rings (SSSR count). The van der Waals surface area contributed by atoms with Crippen LogP contribution in [0.2, 0.25) is 0 Å². The van der Waals surface area contributed by atoms with Crippen LogP contribution in [-0.2, 0) is 28.7 Å².